The van der Waals surface area contributed by atoms with E-state index in [0.717, 1.165) is 17.9 Å². The molecule has 0 fully saturated rings. The van der Waals surface area contributed by atoms with Gasteiger partial charge in [0.15, 0.2) is 5.65 Å². The summed E-state index contributed by atoms with van der Waals surface area (Å²) >= 11 is 0. The third-order valence-electron chi connectivity index (χ3n) is 2.61. The van der Waals surface area contributed by atoms with Crippen LogP contribution in [0.3, 0.4) is 0 Å². The molecular weight excluding hydrogens is 232 g/mol. The summed E-state index contributed by atoms with van der Waals surface area (Å²) in [7, 11) is 0. The van der Waals surface area contributed by atoms with Crippen LogP contribution in [0.2, 0.25) is 0 Å². The zero-order valence-electron chi connectivity index (χ0n) is 10.4. The molecule has 2 heterocycles. The second-order valence-corrected chi connectivity index (χ2v) is 4.17. The van der Waals surface area contributed by atoms with Gasteiger partial charge in [0.05, 0.1) is 11.7 Å². The number of hydrogen-bond acceptors (Lipinski definition) is 4. The summed E-state index contributed by atoms with van der Waals surface area (Å²) in [4.78, 5) is 11.8. The molecule has 2 N–H and O–H groups in total. The first-order valence-corrected chi connectivity index (χ1v) is 5.91. The molecule has 0 aliphatic heterocycles. The quantitative estimate of drug-likeness (QED) is 0.821. The molecule has 0 aliphatic carbocycles. The molecule has 0 unspecified atom stereocenters. The van der Waals surface area contributed by atoms with Crippen LogP contribution in [0.1, 0.15) is 30.0 Å². The van der Waals surface area contributed by atoms with Gasteiger partial charge in [0.25, 0.3) is 5.91 Å². The van der Waals surface area contributed by atoms with Crippen molar-refractivity contribution in [3.8, 4) is 0 Å². The number of fused-ring (bicyclic) bond motifs is 1. The summed E-state index contributed by atoms with van der Waals surface area (Å²) in [5.41, 5.74) is 1.25. The van der Waals surface area contributed by atoms with Gasteiger partial charge in [0.1, 0.15) is 5.82 Å². The molecular formula is C12H16N4O2. The predicted molar refractivity (Wildman–Crippen MR) is 66.4 cm³/mol. The number of amides is 1. The largest absolute Gasteiger partial charge is 0.392 e. The molecule has 2 aromatic heterocycles. The summed E-state index contributed by atoms with van der Waals surface area (Å²) in [6.07, 6.45) is 1.91. The predicted octanol–water partition coefficient (Wildman–Crippen LogP) is 0.402. The average Bonchev–Trinajstić information content (AvgIpc) is 2.77. The number of hydrogen-bond donors (Lipinski definition) is 2. The van der Waals surface area contributed by atoms with E-state index in [9.17, 15) is 4.79 Å². The smallest absolute Gasteiger partial charge is 0.252 e. The van der Waals surface area contributed by atoms with Crippen molar-refractivity contribution in [3.05, 3.63) is 29.7 Å². The molecule has 6 heteroatoms. The Bertz CT molecular complexity index is 562. The van der Waals surface area contributed by atoms with Crippen molar-refractivity contribution >= 4 is 11.6 Å². The monoisotopic (exact) mass is 248 g/mol. The van der Waals surface area contributed by atoms with Gasteiger partial charge >= 0.3 is 0 Å². The Morgan fingerprint density at radius 1 is 1.50 bits per heavy atom. The molecule has 0 spiro atoms. The minimum absolute atomic E-state index is 0.214. The van der Waals surface area contributed by atoms with Gasteiger partial charge in [-0.15, -0.1) is 10.2 Å². The molecule has 0 saturated heterocycles. The summed E-state index contributed by atoms with van der Waals surface area (Å²) in [5.74, 6) is 0.601. The van der Waals surface area contributed by atoms with Crippen molar-refractivity contribution in [2.45, 2.75) is 26.4 Å². The fourth-order valence-corrected chi connectivity index (χ4v) is 1.66. The Kier molecular flexibility index (Phi) is 3.57. The Hall–Kier alpha value is -1.95. The number of nitrogens with one attached hydrogen (secondary N) is 1. The summed E-state index contributed by atoms with van der Waals surface area (Å²) in [6, 6.07) is 3.45. The van der Waals surface area contributed by atoms with E-state index in [1.54, 1.807) is 29.7 Å². The van der Waals surface area contributed by atoms with E-state index in [1.807, 2.05) is 6.92 Å². The topological polar surface area (TPSA) is 79.5 Å². The van der Waals surface area contributed by atoms with Gasteiger partial charge in [-0.2, -0.15) is 0 Å². The van der Waals surface area contributed by atoms with Crippen LogP contribution in [0.15, 0.2) is 18.3 Å². The highest BCUT2D eigenvalue weighted by Crippen LogP contribution is 2.07. The zero-order chi connectivity index (χ0) is 13.1. The molecule has 2 aromatic rings. The summed E-state index contributed by atoms with van der Waals surface area (Å²) in [6.45, 7) is 3.84. The highest BCUT2D eigenvalue weighted by atomic mass is 16.3. The van der Waals surface area contributed by atoms with E-state index in [4.69, 9.17) is 5.11 Å². The maximum atomic E-state index is 11.8. The molecule has 6 nitrogen and oxygen atoms in total. The molecule has 2 rings (SSSR count). The van der Waals surface area contributed by atoms with Gasteiger partial charge in [-0.05, 0) is 19.1 Å². The highest BCUT2D eigenvalue weighted by Gasteiger charge is 2.09. The fraction of sp³-hybridized carbons (Fsp3) is 0.417. The van der Waals surface area contributed by atoms with E-state index in [-0.39, 0.29) is 12.5 Å². The molecule has 0 aromatic carbocycles. The van der Waals surface area contributed by atoms with Crippen LogP contribution >= 0.6 is 0 Å². The van der Waals surface area contributed by atoms with Gasteiger partial charge in [0, 0.05) is 19.2 Å². The van der Waals surface area contributed by atoms with Crippen LogP contribution < -0.4 is 5.32 Å². The number of aliphatic hydroxyl groups excluding tert-OH is 1. The first-order valence-electron chi connectivity index (χ1n) is 5.91. The second-order valence-electron chi connectivity index (χ2n) is 4.17. The van der Waals surface area contributed by atoms with Crippen molar-refractivity contribution in [1.82, 2.24) is 19.9 Å². The van der Waals surface area contributed by atoms with E-state index >= 15 is 0 Å². The highest BCUT2D eigenvalue weighted by molar-refractivity contribution is 5.94. The van der Waals surface area contributed by atoms with E-state index < -0.39 is 6.10 Å². The number of nitrogens with zero attached hydrogens (tertiary/aromatic N) is 3. The van der Waals surface area contributed by atoms with Crippen LogP contribution in [0, 0.1) is 0 Å². The zero-order valence-corrected chi connectivity index (χ0v) is 10.4. The molecule has 96 valence electrons. The van der Waals surface area contributed by atoms with Crippen molar-refractivity contribution in [3.63, 3.8) is 0 Å². The molecule has 0 radical (unpaired) electrons. The van der Waals surface area contributed by atoms with Gasteiger partial charge in [0.2, 0.25) is 0 Å². The molecule has 0 bridgehead atoms. The lowest BCUT2D eigenvalue weighted by atomic mass is 10.2. The number of rotatable bonds is 4. The molecule has 0 saturated carbocycles. The van der Waals surface area contributed by atoms with Gasteiger partial charge in [-0.1, -0.05) is 6.92 Å². The SMILES string of the molecule is CCc1nnc2ccc(C(=O)NC[C@@H](C)O)cn12. The van der Waals surface area contributed by atoms with E-state index in [0.29, 0.717) is 5.56 Å². The minimum atomic E-state index is -0.557. The Labute approximate surface area is 105 Å². The summed E-state index contributed by atoms with van der Waals surface area (Å²) < 4.78 is 1.80. The number of aryl methyl sites for hydroxylation is 1. The third-order valence-corrected chi connectivity index (χ3v) is 2.61. The van der Waals surface area contributed by atoms with Crippen molar-refractivity contribution in [2.75, 3.05) is 6.54 Å². The lowest BCUT2D eigenvalue weighted by Crippen LogP contribution is -2.30. The van der Waals surface area contributed by atoms with Crippen LogP contribution in [0.25, 0.3) is 5.65 Å². The Balaban J connectivity index is 2.25. The number of aromatic nitrogens is 3. The standard InChI is InChI=1S/C12H16N4O2/c1-3-10-14-15-11-5-4-9(7-16(10)11)12(18)13-6-8(2)17/h4-5,7-8,17H,3,6H2,1-2H3,(H,13,18)/t8-/m1/s1. The van der Waals surface area contributed by atoms with E-state index in [2.05, 4.69) is 15.5 Å². The summed E-state index contributed by atoms with van der Waals surface area (Å²) in [5, 5.41) is 19.8. The van der Waals surface area contributed by atoms with E-state index in [1.165, 1.54) is 0 Å². The van der Waals surface area contributed by atoms with Crippen molar-refractivity contribution in [1.29, 1.82) is 0 Å². The van der Waals surface area contributed by atoms with Gasteiger partial charge < -0.3 is 10.4 Å². The Morgan fingerprint density at radius 2 is 2.28 bits per heavy atom. The Morgan fingerprint density at radius 3 is 2.94 bits per heavy atom. The van der Waals surface area contributed by atoms with Gasteiger partial charge in [-0.3, -0.25) is 9.20 Å². The van der Waals surface area contributed by atoms with Crippen LogP contribution in [-0.2, 0) is 6.42 Å². The fourth-order valence-electron chi connectivity index (χ4n) is 1.66. The first kappa shape index (κ1) is 12.5. The number of carbonyl (C=O) groups is 1. The molecule has 1 amide bonds. The maximum absolute atomic E-state index is 11.8. The van der Waals surface area contributed by atoms with Crippen molar-refractivity contribution < 1.29 is 9.90 Å². The lowest BCUT2D eigenvalue weighted by molar-refractivity contribution is 0.0923. The van der Waals surface area contributed by atoms with Crippen LogP contribution in [0.4, 0.5) is 0 Å². The number of carbonyl (C=O) groups excluding carboxylic acids is 1. The average molecular weight is 248 g/mol. The minimum Gasteiger partial charge on any atom is -0.392 e. The maximum Gasteiger partial charge on any atom is 0.252 e. The first-order chi connectivity index (χ1) is 8.61. The molecule has 18 heavy (non-hydrogen) atoms. The normalized spacial score (nSPS) is 12.6. The lowest BCUT2D eigenvalue weighted by Gasteiger charge is -2.07. The number of pyridine rings is 1. The van der Waals surface area contributed by atoms with Gasteiger partial charge in [-0.25, -0.2) is 0 Å². The second kappa shape index (κ2) is 5.14. The van der Waals surface area contributed by atoms with Crippen molar-refractivity contribution in [2.24, 2.45) is 0 Å². The van der Waals surface area contributed by atoms with Crippen LogP contribution in [-0.4, -0.2) is 38.3 Å². The third kappa shape index (κ3) is 2.48. The molecule has 1 atom stereocenters. The van der Waals surface area contributed by atoms with Crippen LogP contribution in [0.5, 0.6) is 0 Å². The molecule has 0 aliphatic rings. The number of aliphatic hydroxyl groups is 1.